The van der Waals surface area contributed by atoms with Gasteiger partial charge in [0.05, 0.1) is 18.9 Å². The molecule has 0 saturated heterocycles. The van der Waals surface area contributed by atoms with Gasteiger partial charge in [-0.1, -0.05) is 0 Å². The number of ether oxygens (including phenoxy) is 1. The zero-order valence-corrected chi connectivity index (χ0v) is 15.0. The molecule has 1 saturated carbocycles. The van der Waals surface area contributed by atoms with Gasteiger partial charge in [-0.05, 0) is 36.8 Å². The Morgan fingerprint density at radius 1 is 1.30 bits per heavy atom. The van der Waals surface area contributed by atoms with Gasteiger partial charge in [0.15, 0.2) is 0 Å². The molecule has 5 rings (SSSR count). The highest BCUT2D eigenvalue weighted by Gasteiger charge is 2.47. The molecule has 1 fully saturated rings. The summed E-state index contributed by atoms with van der Waals surface area (Å²) in [7, 11) is 1.38. The molecular weight excluding hydrogens is 344 g/mol. The minimum Gasteiger partial charge on any atom is -0.469 e. The lowest BCUT2D eigenvalue weighted by molar-refractivity contribution is -0.133. The van der Waals surface area contributed by atoms with Crippen molar-refractivity contribution in [2.24, 2.45) is 5.92 Å². The third kappa shape index (κ3) is 2.63. The number of nitrogens with one attached hydrogen (secondary N) is 1. The second-order valence-corrected chi connectivity index (χ2v) is 7.31. The average molecular weight is 364 g/mol. The second-order valence-electron chi connectivity index (χ2n) is 7.31. The van der Waals surface area contributed by atoms with Gasteiger partial charge < -0.3 is 19.0 Å². The molecule has 1 N–H and O–H groups in total. The Morgan fingerprint density at radius 3 is 2.96 bits per heavy atom. The Kier molecular flexibility index (Phi) is 3.60. The molecule has 0 unspecified atom stereocenters. The van der Waals surface area contributed by atoms with Gasteiger partial charge in [-0.3, -0.25) is 4.79 Å². The number of hydrogen-bond donors (Lipinski definition) is 1. The monoisotopic (exact) mass is 364 g/mol. The van der Waals surface area contributed by atoms with Crippen molar-refractivity contribution in [2.75, 3.05) is 13.7 Å². The molecule has 138 valence electrons. The fourth-order valence-electron chi connectivity index (χ4n) is 4.17. The van der Waals surface area contributed by atoms with Crippen molar-refractivity contribution in [1.29, 1.82) is 0 Å². The van der Waals surface area contributed by atoms with Crippen molar-refractivity contribution in [3.63, 3.8) is 0 Å². The number of rotatable bonds is 3. The lowest BCUT2D eigenvalue weighted by Gasteiger charge is -2.27. The Balaban J connectivity index is 1.40. The van der Waals surface area contributed by atoms with E-state index in [1.54, 1.807) is 12.3 Å². The molecule has 0 spiro atoms. The van der Waals surface area contributed by atoms with E-state index in [9.17, 15) is 9.59 Å². The number of H-pyrrole nitrogens is 1. The highest BCUT2D eigenvalue weighted by atomic mass is 16.5. The Morgan fingerprint density at radius 2 is 2.19 bits per heavy atom. The van der Waals surface area contributed by atoms with Gasteiger partial charge in [0.25, 0.3) is 0 Å². The van der Waals surface area contributed by atoms with Crippen molar-refractivity contribution >= 4 is 22.8 Å². The number of hydrogen-bond acceptors (Lipinski definition) is 4. The van der Waals surface area contributed by atoms with E-state index in [0.29, 0.717) is 18.7 Å². The first-order valence-electron chi connectivity index (χ1n) is 9.19. The minimum atomic E-state index is -0.352. The molecule has 0 radical (unpaired) electrons. The third-order valence-electron chi connectivity index (χ3n) is 5.72. The van der Waals surface area contributed by atoms with E-state index in [2.05, 4.69) is 4.98 Å². The fraction of sp³-hybridized carbons (Fsp3) is 0.333. The van der Waals surface area contributed by atoms with Crippen molar-refractivity contribution in [2.45, 2.75) is 25.3 Å². The van der Waals surface area contributed by atoms with Crippen molar-refractivity contribution in [3.05, 3.63) is 59.2 Å². The third-order valence-corrected chi connectivity index (χ3v) is 5.72. The molecule has 2 aliphatic rings. The van der Waals surface area contributed by atoms with Crippen LogP contribution in [0.15, 0.2) is 41.0 Å². The van der Waals surface area contributed by atoms with Gasteiger partial charge in [-0.15, -0.1) is 0 Å². The number of aromatic amines is 1. The number of carbonyl (C=O) groups is 2. The van der Waals surface area contributed by atoms with E-state index in [4.69, 9.17) is 9.15 Å². The molecule has 2 aromatic heterocycles. The summed E-state index contributed by atoms with van der Waals surface area (Å²) in [5.41, 5.74) is 3.76. The van der Waals surface area contributed by atoms with E-state index < -0.39 is 0 Å². The van der Waals surface area contributed by atoms with Gasteiger partial charge in [0.1, 0.15) is 5.76 Å². The van der Waals surface area contributed by atoms with E-state index >= 15 is 0 Å². The van der Waals surface area contributed by atoms with Crippen LogP contribution < -0.4 is 0 Å². The van der Waals surface area contributed by atoms with Crippen LogP contribution in [0, 0.1) is 5.92 Å². The van der Waals surface area contributed by atoms with Crippen LogP contribution in [-0.2, 0) is 22.5 Å². The highest BCUT2D eigenvalue weighted by molar-refractivity contribution is 5.96. The number of fused-ring (bicyclic) bond motifs is 3. The first-order chi connectivity index (χ1) is 13.2. The Bertz CT molecular complexity index is 1030. The summed E-state index contributed by atoms with van der Waals surface area (Å²) in [6, 6.07) is 9.33. The molecule has 3 heterocycles. The number of benzene rings is 1. The molecule has 6 heteroatoms. The number of aromatic nitrogens is 1. The average Bonchev–Trinajstić information content (AvgIpc) is 3.14. The summed E-state index contributed by atoms with van der Waals surface area (Å²) in [5.74, 6) is 0.979. The number of esters is 1. The zero-order valence-electron chi connectivity index (χ0n) is 15.0. The first-order valence-corrected chi connectivity index (χ1v) is 9.19. The van der Waals surface area contributed by atoms with Gasteiger partial charge in [-0.25, -0.2) is 4.79 Å². The van der Waals surface area contributed by atoms with Crippen LogP contribution in [0.3, 0.4) is 0 Å². The maximum absolute atomic E-state index is 13.0. The summed E-state index contributed by atoms with van der Waals surface area (Å²) >= 11 is 0. The van der Waals surface area contributed by atoms with Crippen LogP contribution in [0.2, 0.25) is 0 Å². The Hall–Kier alpha value is -3.02. The lowest BCUT2D eigenvalue weighted by Crippen LogP contribution is -2.37. The molecule has 27 heavy (non-hydrogen) atoms. The Labute approximate surface area is 156 Å². The van der Waals surface area contributed by atoms with Crippen LogP contribution in [0.4, 0.5) is 0 Å². The van der Waals surface area contributed by atoms with Crippen LogP contribution in [0.25, 0.3) is 10.9 Å². The molecule has 0 bridgehead atoms. The SMILES string of the molecule is COC(=O)c1ccc2[nH]c3c(c2c1)CN(C(=O)[C@H]1C[C@@H]1c1ccco1)CC3. The molecule has 1 aliphatic heterocycles. The largest absolute Gasteiger partial charge is 0.469 e. The number of nitrogens with zero attached hydrogens (tertiary/aromatic N) is 1. The number of carbonyl (C=O) groups excluding carboxylic acids is 2. The predicted molar refractivity (Wildman–Crippen MR) is 98.3 cm³/mol. The van der Waals surface area contributed by atoms with Crippen LogP contribution in [-0.4, -0.2) is 35.4 Å². The topological polar surface area (TPSA) is 75.5 Å². The van der Waals surface area contributed by atoms with Crippen molar-refractivity contribution in [3.8, 4) is 0 Å². The summed E-state index contributed by atoms with van der Waals surface area (Å²) in [5, 5.41) is 0.990. The number of furan rings is 1. The van der Waals surface area contributed by atoms with Crippen LogP contribution >= 0.6 is 0 Å². The molecule has 6 nitrogen and oxygen atoms in total. The highest BCUT2D eigenvalue weighted by Crippen LogP contribution is 2.49. The molecule has 1 aromatic carbocycles. The van der Waals surface area contributed by atoms with Crippen LogP contribution in [0.5, 0.6) is 0 Å². The predicted octanol–water partition coefficient (Wildman–Crippen LogP) is 3.24. The quantitative estimate of drug-likeness (QED) is 0.724. The summed E-state index contributed by atoms with van der Waals surface area (Å²) < 4.78 is 10.3. The summed E-state index contributed by atoms with van der Waals surface area (Å²) in [6.45, 7) is 1.28. The summed E-state index contributed by atoms with van der Waals surface area (Å²) in [6.07, 6.45) is 3.31. The van der Waals surface area contributed by atoms with Gasteiger partial charge in [0.2, 0.25) is 5.91 Å². The smallest absolute Gasteiger partial charge is 0.337 e. The fourth-order valence-corrected chi connectivity index (χ4v) is 4.17. The number of amides is 1. The first kappa shape index (κ1) is 16.2. The lowest BCUT2D eigenvalue weighted by atomic mass is 10.0. The van der Waals surface area contributed by atoms with Gasteiger partial charge >= 0.3 is 5.97 Å². The molecule has 3 aromatic rings. The minimum absolute atomic E-state index is 0.0218. The standard InChI is InChI=1S/C21H20N2O4/c1-26-21(25)12-4-5-17-13(9-12)16-11-23(7-6-18(16)22-17)20(24)15-10-14(15)19-3-2-8-27-19/h2-5,8-9,14-15,22H,6-7,10-11H2,1H3/t14-,15-/m0/s1. The number of methoxy groups -OCH3 is 1. The normalized spacial score (nSPS) is 21.1. The van der Waals surface area contributed by atoms with Gasteiger partial charge in [0, 0.05) is 53.5 Å². The van der Waals surface area contributed by atoms with E-state index in [0.717, 1.165) is 40.8 Å². The second kappa shape index (κ2) is 6.01. The van der Waals surface area contributed by atoms with E-state index in [-0.39, 0.29) is 23.7 Å². The summed E-state index contributed by atoms with van der Waals surface area (Å²) in [4.78, 5) is 30.2. The van der Waals surface area contributed by atoms with Crippen molar-refractivity contribution < 1.29 is 18.7 Å². The molecular formula is C21H20N2O4. The molecule has 2 atom stereocenters. The van der Waals surface area contributed by atoms with Crippen LogP contribution in [0.1, 0.15) is 39.7 Å². The molecule has 1 aliphatic carbocycles. The maximum Gasteiger partial charge on any atom is 0.337 e. The zero-order chi connectivity index (χ0) is 18.5. The molecule has 1 amide bonds. The van der Waals surface area contributed by atoms with E-state index in [1.807, 2.05) is 29.2 Å². The van der Waals surface area contributed by atoms with Crippen molar-refractivity contribution in [1.82, 2.24) is 9.88 Å². The van der Waals surface area contributed by atoms with Gasteiger partial charge in [-0.2, -0.15) is 0 Å². The maximum atomic E-state index is 13.0. The van der Waals surface area contributed by atoms with E-state index in [1.165, 1.54) is 7.11 Å².